The molecule has 9 heteroatoms. The van der Waals surface area contributed by atoms with Gasteiger partial charge >= 0.3 is 94.4 Å². The van der Waals surface area contributed by atoms with Crippen molar-refractivity contribution in [3.8, 4) is 0 Å². The van der Waals surface area contributed by atoms with Crippen molar-refractivity contribution in [3.05, 3.63) is 66.2 Å². The first kappa shape index (κ1) is 22.4. The molecule has 0 bridgehead atoms. The van der Waals surface area contributed by atoms with E-state index in [-0.39, 0.29) is 21.9 Å². The average Bonchev–Trinajstić information content (AvgIpc) is 2.67. The zero-order valence-corrected chi connectivity index (χ0v) is 16.6. The number of benzene rings is 2. The number of esters is 1. The van der Waals surface area contributed by atoms with Crippen LogP contribution in [0.4, 0.5) is 5.69 Å². The fourth-order valence-corrected chi connectivity index (χ4v) is 3.53. The standard InChI is InChI=1S/C10H10O2.C8H10AsNO5/c1-12-10(11)8-7-9-5-3-2-4-6-9;1-6(11)10-8-5-3-2-4-7(8)9(12,13)15-14/h2-8H,1H3;2-5,14H,1H3,(H,10,11)(H,12,13)/b8-7-;. The van der Waals surface area contributed by atoms with E-state index in [1.165, 1.54) is 38.3 Å². The molecule has 0 aliphatic carbocycles. The van der Waals surface area contributed by atoms with Crippen molar-refractivity contribution in [1.82, 2.24) is 0 Å². The van der Waals surface area contributed by atoms with Gasteiger partial charge in [0.1, 0.15) is 0 Å². The number of anilines is 1. The first-order valence-electron chi connectivity index (χ1n) is 7.64. The van der Waals surface area contributed by atoms with Crippen LogP contribution in [0.1, 0.15) is 12.5 Å². The maximum absolute atomic E-state index is 11.4. The Hall–Kier alpha value is -2.64. The van der Waals surface area contributed by atoms with Crippen LogP contribution in [0.5, 0.6) is 0 Å². The summed E-state index contributed by atoms with van der Waals surface area (Å²) in [6.07, 6.45) is 3.11. The molecule has 0 saturated heterocycles. The van der Waals surface area contributed by atoms with Crippen molar-refractivity contribution < 1.29 is 31.3 Å². The van der Waals surface area contributed by atoms with Gasteiger partial charge in [-0.05, 0) is 11.6 Å². The Morgan fingerprint density at radius 2 is 1.67 bits per heavy atom. The van der Waals surface area contributed by atoms with Crippen molar-refractivity contribution >= 4 is 42.2 Å². The summed E-state index contributed by atoms with van der Waals surface area (Å²) in [5.41, 5.74) is 1.15. The number of amides is 1. The molecule has 2 aromatic carbocycles. The van der Waals surface area contributed by atoms with Crippen molar-refractivity contribution in [1.29, 1.82) is 0 Å². The van der Waals surface area contributed by atoms with E-state index in [4.69, 9.17) is 5.26 Å². The molecule has 0 heterocycles. The number of methoxy groups -OCH3 is 1. The third-order valence-corrected chi connectivity index (χ3v) is 5.60. The fourth-order valence-electron chi connectivity index (χ4n) is 1.86. The summed E-state index contributed by atoms with van der Waals surface area (Å²) in [7, 11) is 1.36. The van der Waals surface area contributed by atoms with Gasteiger partial charge in [0.15, 0.2) is 0 Å². The van der Waals surface area contributed by atoms with E-state index in [0.29, 0.717) is 0 Å². The second-order valence-electron chi connectivity index (χ2n) is 5.07. The number of nitrogens with one attached hydrogen (secondary N) is 1. The molecule has 1 atom stereocenters. The smallest absolute Gasteiger partial charge is 0.330 e. The number of para-hydroxylation sites is 1. The van der Waals surface area contributed by atoms with E-state index in [0.717, 1.165) is 5.56 Å². The summed E-state index contributed by atoms with van der Waals surface area (Å²) in [5, 5.41) is 10.7. The maximum atomic E-state index is 11.4. The summed E-state index contributed by atoms with van der Waals surface area (Å²) < 4.78 is 28.6. The van der Waals surface area contributed by atoms with Crippen molar-refractivity contribution in [2.75, 3.05) is 12.4 Å². The van der Waals surface area contributed by atoms with E-state index < -0.39 is 14.2 Å². The Morgan fingerprint density at radius 1 is 1.07 bits per heavy atom. The maximum Gasteiger partial charge on any atom is 0.330 e. The minimum Gasteiger partial charge on any atom is -0.466 e. The molecule has 1 amide bonds. The van der Waals surface area contributed by atoms with Gasteiger partial charge in [0.05, 0.1) is 7.11 Å². The van der Waals surface area contributed by atoms with Gasteiger partial charge in [0.25, 0.3) is 0 Å². The van der Waals surface area contributed by atoms with Gasteiger partial charge in [-0.2, -0.15) is 0 Å². The predicted octanol–water partition coefficient (Wildman–Crippen LogP) is 1.58. The van der Waals surface area contributed by atoms with Crippen LogP contribution in [0.25, 0.3) is 6.08 Å². The normalized spacial score (nSPS) is 12.4. The van der Waals surface area contributed by atoms with Crippen molar-refractivity contribution in [2.24, 2.45) is 0 Å². The molecule has 2 rings (SSSR count). The summed E-state index contributed by atoms with van der Waals surface area (Å²) >= 11 is -4.92. The third kappa shape index (κ3) is 8.06. The molecule has 0 aliphatic rings. The summed E-state index contributed by atoms with van der Waals surface area (Å²) in [6, 6.07) is 15.4. The Bertz CT molecular complexity index is 837. The van der Waals surface area contributed by atoms with Gasteiger partial charge in [-0.15, -0.1) is 0 Å². The van der Waals surface area contributed by atoms with E-state index in [1.807, 2.05) is 30.3 Å². The molecule has 27 heavy (non-hydrogen) atoms. The molecular formula is C18H20AsNO7. The van der Waals surface area contributed by atoms with Crippen LogP contribution in [-0.4, -0.2) is 42.5 Å². The number of hydrogen-bond acceptors (Lipinski definition) is 6. The van der Waals surface area contributed by atoms with E-state index >= 15 is 0 Å². The molecule has 8 nitrogen and oxygen atoms in total. The van der Waals surface area contributed by atoms with E-state index in [1.54, 1.807) is 12.1 Å². The van der Waals surface area contributed by atoms with Gasteiger partial charge in [-0.25, -0.2) is 4.79 Å². The van der Waals surface area contributed by atoms with Crippen LogP contribution in [0.3, 0.4) is 0 Å². The molecule has 0 fully saturated rings. The molecule has 2 aromatic rings. The monoisotopic (exact) mass is 437 g/mol. The molecule has 0 aromatic heterocycles. The molecule has 0 saturated carbocycles. The minimum atomic E-state index is -4.92. The quantitative estimate of drug-likeness (QED) is 0.213. The molecule has 1 unspecified atom stereocenters. The number of hydrogen-bond donors (Lipinski definition) is 3. The van der Waals surface area contributed by atoms with Crippen molar-refractivity contribution in [3.63, 3.8) is 0 Å². The van der Waals surface area contributed by atoms with Crippen LogP contribution in [0, 0.1) is 0 Å². The van der Waals surface area contributed by atoms with E-state index in [2.05, 4.69) is 13.9 Å². The number of carbonyl (C=O) groups is 2. The van der Waals surface area contributed by atoms with Crippen LogP contribution in [-0.2, 0) is 21.9 Å². The number of carbonyl (C=O) groups excluding carboxylic acids is 2. The van der Waals surface area contributed by atoms with Crippen LogP contribution < -0.4 is 9.67 Å². The summed E-state index contributed by atoms with van der Waals surface area (Å²) in [4.78, 5) is 21.5. The minimum absolute atomic E-state index is 0.103. The van der Waals surface area contributed by atoms with Gasteiger partial charge in [0.2, 0.25) is 0 Å². The Balaban J connectivity index is 0.000000277. The second-order valence-corrected chi connectivity index (χ2v) is 8.60. The van der Waals surface area contributed by atoms with Crippen LogP contribution in [0.2, 0.25) is 0 Å². The SMILES string of the molecule is CC(=O)Nc1ccccc1[As](=O)(O)OO.COC(=O)/C=C\c1ccccc1. The van der Waals surface area contributed by atoms with Gasteiger partial charge in [-0.3, -0.25) is 0 Å². The van der Waals surface area contributed by atoms with Gasteiger partial charge < -0.3 is 4.74 Å². The first-order chi connectivity index (χ1) is 12.8. The summed E-state index contributed by atoms with van der Waals surface area (Å²) in [5.74, 6) is -0.713. The predicted molar refractivity (Wildman–Crippen MR) is 100 cm³/mol. The van der Waals surface area contributed by atoms with Crippen LogP contribution >= 0.6 is 0 Å². The Morgan fingerprint density at radius 3 is 2.22 bits per heavy atom. The number of rotatable bonds is 5. The first-order valence-corrected chi connectivity index (χ1v) is 11.0. The molecule has 3 N–H and O–H groups in total. The zero-order chi connectivity index (χ0) is 20.3. The Kier molecular flexibility index (Phi) is 9.25. The topological polar surface area (TPSA) is 122 Å². The largest absolute Gasteiger partial charge is 0.466 e. The molecule has 0 aliphatic heterocycles. The molecule has 144 valence electrons. The number of ether oxygens (including phenoxy) is 1. The van der Waals surface area contributed by atoms with Crippen molar-refractivity contribution in [2.45, 2.75) is 6.92 Å². The summed E-state index contributed by atoms with van der Waals surface area (Å²) in [6.45, 7) is 1.27. The molecular weight excluding hydrogens is 417 g/mol. The fraction of sp³-hybridized carbons (Fsp3) is 0.111. The average molecular weight is 437 g/mol. The third-order valence-electron chi connectivity index (χ3n) is 3.04. The van der Waals surface area contributed by atoms with E-state index in [9.17, 15) is 17.4 Å². The van der Waals surface area contributed by atoms with Gasteiger partial charge in [-0.1, -0.05) is 30.3 Å². The zero-order valence-electron chi connectivity index (χ0n) is 14.7. The second kappa shape index (κ2) is 11.2. The Labute approximate surface area is 159 Å². The van der Waals surface area contributed by atoms with Crippen LogP contribution in [0.15, 0.2) is 60.7 Å². The molecule has 0 radical (unpaired) electrons. The van der Waals surface area contributed by atoms with Gasteiger partial charge in [0, 0.05) is 6.08 Å². The molecule has 0 spiro atoms.